The second-order valence-electron chi connectivity index (χ2n) is 3.83. The number of aldehydes is 1. The molecule has 0 fully saturated rings. The smallest absolute Gasteiger partial charge is 0.274 e. The normalized spacial score (nSPS) is 12.6. The van der Waals surface area contributed by atoms with Crippen molar-refractivity contribution in [3.8, 4) is 0 Å². The van der Waals surface area contributed by atoms with Gasteiger partial charge in [0.2, 0.25) is 5.09 Å². The van der Waals surface area contributed by atoms with Crippen LogP contribution in [0.5, 0.6) is 0 Å². The third-order valence-electron chi connectivity index (χ3n) is 2.62. The number of aliphatic hydroxyl groups is 2. The first-order chi connectivity index (χ1) is 8.43. The molecule has 1 heterocycles. The van der Waals surface area contributed by atoms with Gasteiger partial charge in [-0.05, 0) is 18.6 Å². The van der Waals surface area contributed by atoms with E-state index in [0.29, 0.717) is 6.29 Å². The number of hydrogen-bond acceptors (Lipinski definition) is 6. The zero-order valence-corrected chi connectivity index (χ0v) is 10.6. The van der Waals surface area contributed by atoms with E-state index in [-0.39, 0.29) is 12.2 Å². The fourth-order valence-corrected chi connectivity index (χ4v) is 2.69. The fourth-order valence-electron chi connectivity index (χ4n) is 1.29. The number of furan rings is 1. The summed E-state index contributed by atoms with van der Waals surface area (Å²) in [6.07, 6.45) is 0.574. The van der Waals surface area contributed by atoms with Crippen molar-refractivity contribution in [1.82, 2.24) is 4.72 Å². The molecule has 102 valence electrons. The van der Waals surface area contributed by atoms with Gasteiger partial charge in [-0.15, -0.1) is 0 Å². The summed E-state index contributed by atoms with van der Waals surface area (Å²) in [7, 11) is -4.04. The molecule has 0 spiro atoms. The summed E-state index contributed by atoms with van der Waals surface area (Å²) < 4.78 is 30.8. The molecule has 0 bridgehead atoms. The molecule has 18 heavy (non-hydrogen) atoms. The van der Waals surface area contributed by atoms with Crippen molar-refractivity contribution in [3.63, 3.8) is 0 Å². The summed E-state index contributed by atoms with van der Waals surface area (Å²) in [5.41, 5.74) is -1.35. The van der Waals surface area contributed by atoms with Crippen molar-refractivity contribution in [2.45, 2.75) is 24.0 Å². The van der Waals surface area contributed by atoms with Crippen molar-refractivity contribution in [2.75, 3.05) is 13.2 Å². The standard InChI is InChI=1S/C10H15NO6S/c1-2-10(6-13,7-14)11-18(15,16)9-4-3-8(5-12)17-9/h3-5,11,13-14H,2,6-7H2,1H3. The Hall–Kier alpha value is -1.22. The van der Waals surface area contributed by atoms with Crippen molar-refractivity contribution < 1.29 is 27.8 Å². The van der Waals surface area contributed by atoms with Crippen LogP contribution in [0.3, 0.4) is 0 Å². The molecule has 0 saturated carbocycles. The van der Waals surface area contributed by atoms with E-state index in [4.69, 9.17) is 14.6 Å². The van der Waals surface area contributed by atoms with E-state index in [1.807, 2.05) is 0 Å². The van der Waals surface area contributed by atoms with Gasteiger partial charge in [0.15, 0.2) is 12.0 Å². The molecule has 3 N–H and O–H groups in total. The van der Waals surface area contributed by atoms with E-state index >= 15 is 0 Å². The van der Waals surface area contributed by atoms with E-state index in [9.17, 15) is 13.2 Å². The molecule has 0 radical (unpaired) electrons. The van der Waals surface area contributed by atoms with Gasteiger partial charge in [0, 0.05) is 0 Å². The molecule has 1 aromatic rings. The summed E-state index contributed by atoms with van der Waals surface area (Å²) in [5.74, 6) is -0.120. The Labute approximate surface area is 104 Å². The Morgan fingerprint density at radius 2 is 2.00 bits per heavy atom. The molecule has 0 atom stereocenters. The average molecular weight is 277 g/mol. The van der Waals surface area contributed by atoms with Crippen LogP contribution in [0.1, 0.15) is 23.9 Å². The van der Waals surface area contributed by atoms with Crippen LogP contribution in [-0.2, 0) is 10.0 Å². The number of nitrogens with one attached hydrogen (secondary N) is 1. The van der Waals surface area contributed by atoms with Gasteiger partial charge >= 0.3 is 0 Å². The zero-order chi connectivity index (χ0) is 13.8. The van der Waals surface area contributed by atoms with Crippen LogP contribution in [0, 0.1) is 0 Å². The predicted molar refractivity (Wildman–Crippen MR) is 61.6 cm³/mol. The maximum absolute atomic E-state index is 11.9. The summed E-state index contributed by atoms with van der Waals surface area (Å²) in [6, 6.07) is 2.34. The summed E-state index contributed by atoms with van der Waals surface area (Å²) in [5, 5.41) is 17.9. The molecule has 0 aromatic carbocycles. The summed E-state index contributed by atoms with van der Waals surface area (Å²) in [6.45, 7) is 0.509. The topological polar surface area (TPSA) is 117 Å². The average Bonchev–Trinajstić information content (AvgIpc) is 2.85. The molecule has 0 aliphatic rings. The molecule has 7 nitrogen and oxygen atoms in total. The van der Waals surface area contributed by atoms with Gasteiger partial charge in [0.05, 0.1) is 18.8 Å². The zero-order valence-electron chi connectivity index (χ0n) is 9.79. The van der Waals surface area contributed by atoms with E-state index in [1.165, 1.54) is 6.07 Å². The SMILES string of the molecule is CCC(CO)(CO)NS(=O)(=O)c1ccc(C=O)o1. The Morgan fingerprint density at radius 3 is 2.39 bits per heavy atom. The Bertz CT molecular complexity index is 494. The van der Waals surface area contributed by atoms with Gasteiger partial charge in [0.1, 0.15) is 0 Å². The van der Waals surface area contributed by atoms with Gasteiger partial charge in [-0.2, -0.15) is 4.72 Å². The summed E-state index contributed by atoms with van der Waals surface area (Å²) in [4.78, 5) is 10.4. The van der Waals surface area contributed by atoms with Gasteiger partial charge in [-0.3, -0.25) is 4.79 Å². The van der Waals surface area contributed by atoms with E-state index in [1.54, 1.807) is 6.92 Å². The minimum atomic E-state index is -4.04. The Kier molecular flexibility index (Phi) is 4.63. The molecule has 0 aliphatic heterocycles. The molecular weight excluding hydrogens is 262 g/mol. The van der Waals surface area contributed by atoms with Crippen molar-refractivity contribution in [2.24, 2.45) is 0 Å². The number of hydrogen-bond donors (Lipinski definition) is 3. The summed E-state index contributed by atoms with van der Waals surface area (Å²) >= 11 is 0. The first kappa shape index (κ1) is 14.8. The van der Waals surface area contributed by atoms with Crippen LogP contribution in [0.15, 0.2) is 21.6 Å². The van der Waals surface area contributed by atoms with E-state index in [0.717, 1.165) is 6.07 Å². The number of carbonyl (C=O) groups excluding carboxylic acids is 1. The molecule has 8 heteroatoms. The van der Waals surface area contributed by atoms with Gasteiger partial charge in [0.25, 0.3) is 10.0 Å². The molecule has 0 saturated heterocycles. The lowest BCUT2D eigenvalue weighted by Crippen LogP contribution is -2.53. The number of aliphatic hydroxyl groups excluding tert-OH is 2. The Morgan fingerprint density at radius 1 is 1.39 bits per heavy atom. The first-order valence-electron chi connectivity index (χ1n) is 5.24. The largest absolute Gasteiger partial charge is 0.440 e. The van der Waals surface area contributed by atoms with Gasteiger partial charge < -0.3 is 14.6 Å². The highest BCUT2D eigenvalue weighted by Crippen LogP contribution is 2.17. The minimum Gasteiger partial charge on any atom is -0.440 e. The lowest BCUT2D eigenvalue weighted by Gasteiger charge is -2.28. The Balaban J connectivity index is 3.03. The molecule has 0 amide bonds. The molecule has 1 rings (SSSR count). The first-order valence-corrected chi connectivity index (χ1v) is 6.72. The lowest BCUT2D eigenvalue weighted by molar-refractivity contribution is 0.105. The maximum atomic E-state index is 11.9. The quantitative estimate of drug-likeness (QED) is 0.579. The second-order valence-corrected chi connectivity index (χ2v) is 5.44. The van der Waals surface area contributed by atoms with Gasteiger partial charge in [-0.25, -0.2) is 8.42 Å². The van der Waals surface area contributed by atoms with E-state index < -0.39 is 33.9 Å². The van der Waals surface area contributed by atoms with Gasteiger partial charge in [-0.1, -0.05) is 6.92 Å². The van der Waals surface area contributed by atoms with Crippen LogP contribution in [0.25, 0.3) is 0 Å². The minimum absolute atomic E-state index is 0.120. The predicted octanol–water partition coefficient (Wildman–Crippen LogP) is -0.496. The highest BCUT2D eigenvalue weighted by atomic mass is 32.2. The molecular formula is C10H15NO6S. The fraction of sp³-hybridized carbons (Fsp3) is 0.500. The highest BCUT2D eigenvalue weighted by molar-refractivity contribution is 7.89. The maximum Gasteiger partial charge on any atom is 0.274 e. The molecule has 1 aromatic heterocycles. The number of sulfonamides is 1. The van der Waals surface area contributed by atoms with Crippen LogP contribution in [0.4, 0.5) is 0 Å². The van der Waals surface area contributed by atoms with Crippen LogP contribution in [-0.4, -0.2) is 43.7 Å². The number of rotatable bonds is 7. The highest BCUT2D eigenvalue weighted by Gasteiger charge is 2.34. The van der Waals surface area contributed by atoms with Crippen molar-refractivity contribution in [1.29, 1.82) is 0 Å². The van der Waals surface area contributed by atoms with Crippen LogP contribution >= 0.6 is 0 Å². The monoisotopic (exact) mass is 277 g/mol. The third-order valence-corrected chi connectivity index (χ3v) is 4.07. The second kappa shape index (κ2) is 5.61. The third kappa shape index (κ3) is 2.96. The number of carbonyl (C=O) groups is 1. The van der Waals surface area contributed by atoms with E-state index in [2.05, 4.69) is 4.72 Å². The van der Waals surface area contributed by atoms with Crippen LogP contribution < -0.4 is 4.72 Å². The van der Waals surface area contributed by atoms with Crippen LogP contribution in [0.2, 0.25) is 0 Å². The molecule has 0 unspecified atom stereocenters. The van der Waals surface area contributed by atoms with Crippen molar-refractivity contribution >= 4 is 16.3 Å². The van der Waals surface area contributed by atoms with Crippen molar-refractivity contribution in [3.05, 3.63) is 17.9 Å². The molecule has 0 aliphatic carbocycles. The lowest BCUT2D eigenvalue weighted by atomic mass is 10.0.